The molecule has 3 rings (SSSR count). The Morgan fingerprint density at radius 2 is 2.12 bits per heavy atom. The van der Waals surface area contributed by atoms with Crippen LogP contribution in [0.15, 0.2) is 12.1 Å². The molecule has 0 spiro atoms. The first-order valence-electron chi connectivity index (χ1n) is 8.79. The highest BCUT2D eigenvalue weighted by Gasteiger charge is 2.24. The molecule has 0 saturated heterocycles. The summed E-state index contributed by atoms with van der Waals surface area (Å²) in [5, 5.41) is 13.3. The van der Waals surface area contributed by atoms with Gasteiger partial charge in [0.1, 0.15) is 11.1 Å². The van der Waals surface area contributed by atoms with Gasteiger partial charge in [-0.3, -0.25) is 9.69 Å². The molecule has 1 unspecified atom stereocenters. The highest BCUT2D eigenvalue weighted by Crippen LogP contribution is 2.37. The van der Waals surface area contributed by atoms with Gasteiger partial charge in [0.25, 0.3) is 0 Å². The van der Waals surface area contributed by atoms with E-state index in [2.05, 4.69) is 11.4 Å². The molecule has 138 valence electrons. The standard InChI is InChI=1S/C19H22ClN3OS2/c1-12(23(2)11-13-8-9-17(20)25-13)18(24)22-19-15(10-21)14-6-4-3-5-7-16(14)26-19/h8-9,12H,3-7,11H2,1-2H3,(H,22,24). The molecular formula is C19H22ClN3OS2. The Bertz CT molecular complexity index is 836. The fourth-order valence-corrected chi connectivity index (χ4v) is 5.58. The van der Waals surface area contributed by atoms with Crippen LogP contribution >= 0.6 is 34.3 Å². The lowest BCUT2D eigenvalue weighted by Gasteiger charge is -2.23. The molecule has 26 heavy (non-hydrogen) atoms. The number of nitrogens with one attached hydrogen (secondary N) is 1. The van der Waals surface area contributed by atoms with Gasteiger partial charge in [-0.05, 0) is 57.4 Å². The van der Waals surface area contributed by atoms with E-state index in [9.17, 15) is 10.1 Å². The lowest BCUT2D eigenvalue weighted by atomic mass is 10.1. The minimum absolute atomic E-state index is 0.0805. The molecule has 7 heteroatoms. The molecule has 0 radical (unpaired) electrons. The number of hydrogen-bond donors (Lipinski definition) is 1. The summed E-state index contributed by atoms with van der Waals surface area (Å²) in [4.78, 5) is 17.1. The topological polar surface area (TPSA) is 56.1 Å². The van der Waals surface area contributed by atoms with Gasteiger partial charge in [0.15, 0.2) is 0 Å². The van der Waals surface area contributed by atoms with Crippen molar-refractivity contribution in [3.63, 3.8) is 0 Å². The molecule has 1 aliphatic rings. The Labute approximate surface area is 167 Å². The minimum atomic E-state index is -0.302. The van der Waals surface area contributed by atoms with Crippen molar-refractivity contribution in [2.24, 2.45) is 0 Å². The second-order valence-electron chi connectivity index (χ2n) is 6.67. The summed E-state index contributed by atoms with van der Waals surface area (Å²) in [7, 11) is 1.92. The summed E-state index contributed by atoms with van der Waals surface area (Å²) in [5.74, 6) is -0.0805. The van der Waals surface area contributed by atoms with E-state index in [1.54, 1.807) is 11.3 Å². The van der Waals surface area contributed by atoms with Crippen LogP contribution in [0.4, 0.5) is 5.00 Å². The van der Waals surface area contributed by atoms with Gasteiger partial charge < -0.3 is 5.32 Å². The Balaban J connectivity index is 1.70. The molecule has 1 amide bonds. The normalized spacial score (nSPS) is 15.2. The molecule has 1 aliphatic carbocycles. The number of anilines is 1. The van der Waals surface area contributed by atoms with Gasteiger partial charge in [0, 0.05) is 16.3 Å². The van der Waals surface area contributed by atoms with E-state index in [0.29, 0.717) is 17.1 Å². The van der Waals surface area contributed by atoms with Crippen LogP contribution in [0.3, 0.4) is 0 Å². The quantitative estimate of drug-likeness (QED) is 0.704. The van der Waals surface area contributed by atoms with Crippen LogP contribution < -0.4 is 5.32 Å². The zero-order valence-corrected chi connectivity index (χ0v) is 17.4. The van der Waals surface area contributed by atoms with Crippen LogP contribution in [0.1, 0.15) is 47.1 Å². The number of halogens is 1. The highest BCUT2D eigenvalue weighted by atomic mass is 35.5. The monoisotopic (exact) mass is 407 g/mol. The number of thiophene rings is 2. The summed E-state index contributed by atoms with van der Waals surface area (Å²) in [6.45, 7) is 2.55. The minimum Gasteiger partial charge on any atom is -0.315 e. The number of nitrogens with zero attached hydrogens (tertiary/aromatic N) is 2. The molecule has 0 bridgehead atoms. The van der Waals surface area contributed by atoms with Gasteiger partial charge in [0.05, 0.1) is 15.9 Å². The molecule has 1 atom stereocenters. The summed E-state index contributed by atoms with van der Waals surface area (Å²) in [6, 6.07) is 5.87. The van der Waals surface area contributed by atoms with Gasteiger partial charge in [-0.25, -0.2) is 0 Å². The molecule has 4 nitrogen and oxygen atoms in total. The van der Waals surface area contributed by atoms with Crippen molar-refractivity contribution in [3.8, 4) is 6.07 Å². The van der Waals surface area contributed by atoms with Crippen molar-refractivity contribution >= 4 is 45.2 Å². The maximum Gasteiger partial charge on any atom is 0.242 e. The lowest BCUT2D eigenvalue weighted by molar-refractivity contribution is -0.120. The Morgan fingerprint density at radius 3 is 2.81 bits per heavy atom. The van der Waals surface area contributed by atoms with E-state index < -0.39 is 0 Å². The van der Waals surface area contributed by atoms with Crippen molar-refractivity contribution in [3.05, 3.63) is 37.4 Å². The average molecular weight is 408 g/mol. The molecule has 2 heterocycles. The zero-order chi connectivity index (χ0) is 18.7. The Kier molecular flexibility index (Phi) is 6.36. The number of likely N-dealkylation sites (N-methyl/N-ethyl adjacent to an activating group) is 1. The average Bonchev–Trinajstić information content (AvgIpc) is 3.08. The van der Waals surface area contributed by atoms with E-state index in [-0.39, 0.29) is 11.9 Å². The first-order chi connectivity index (χ1) is 12.5. The van der Waals surface area contributed by atoms with Crippen molar-refractivity contribution in [1.82, 2.24) is 4.90 Å². The molecule has 2 aromatic rings. The fraction of sp³-hybridized carbons (Fsp3) is 0.474. The largest absolute Gasteiger partial charge is 0.315 e. The third-order valence-corrected chi connectivity index (χ3v) is 7.27. The number of fused-ring (bicyclic) bond motifs is 1. The predicted molar refractivity (Wildman–Crippen MR) is 109 cm³/mol. The number of rotatable bonds is 5. The van der Waals surface area contributed by atoms with Crippen LogP contribution in [0.25, 0.3) is 0 Å². The molecule has 0 saturated carbocycles. The van der Waals surface area contributed by atoms with Gasteiger partial charge in [0.2, 0.25) is 5.91 Å². The second-order valence-corrected chi connectivity index (χ2v) is 9.57. The number of carbonyl (C=O) groups is 1. The maximum atomic E-state index is 12.7. The zero-order valence-electron chi connectivity index (χ0n) is 15.0. The number of amides is 1. The first-order valence-corrected chi connectivity index (χ1v) is 10.8. The van der Waals surface area contributed by atoms with Crippen molar-refractivity contribution < 1.29 is 4.79 Å². The SMILES string of the molecule is CC(C(=O)Nc1sc2c(c1C#N)CCCCC2)N(C)Cc1ccc(Cl)s1. The fourth-order valence-electron chi connectivity index (χ4n) is 3.18. The van der Waals surface area contributed by atoms with Crippen molar-refractivity contribution in [2.45, 2.75) is 51.6 Å². The first kappa shape index (κ1) is 19.4. The van der Waals surface area contributed by atoms with E-state index in [0.717, 1.165) is 40.5 Å². The van der Waals surface area contributed by atoms with Crippen molar-refractivity contribution in [1.29, 1.82) is 5.26 Å². The summed E-state index contributed by atoms with van der Waals surface area (Å²) < 4.78 is 0.754. The van der Waals surface area contributed by atoms with Crippen LogP contribution in [0.2, 0.25) is 4.34 Å². The third kappa shape index (κ3) is 4.29. The van der Waals surface area contributed by atoms with Gasteiger partial charge >= 0.3 is 0 Å². The van der Waals surface area contributed by atoms with Crippen LogP contribution in [0.5, 0.6) is 0 Å². The van der Waals surface area contributed by atoms with E-state index in [1.807, 2.05) is 31.0 Å². The number of nitriles is 1. The summed E-state index contributed by atoms with van der Waals surface area (Å²) >= 11 is 9.08. The van der Waals surface area contributed by atoms with Crippen LogP contribution in [0, 0.1) is 11.3 Å². The molecule has 0 aromatic carbocycles. The predicted octanol–water partition coefficient (Wildman–Crippen LogP) is 5.06. The van der Waals surface area contributed by atoms with Gasteiger partial charge in [-0.15, -0.1) is 22.7 Å². The lowest BCUT2D eigenvalue weighted by Crippen LogP contribution is -2.39. The maximum absolute atomic E-state index is 12.7. The molecule has 2 aromatic heterocycles. The molecule has 0 aliphatic heterocycles. The molecule has 0 fully saturated rings. The van der Waals surface area contributed by atoms with Crippen LogP contribution in [-0.4, -0.2) is 23.9 Å². The second kappa shape index (κ2) is 8.53. The number of carbonyl (C=O) groups excluding carboxylic acids is 1. The van der Waals surface area contributed by atoms with E-state index >= 15 is 0 Å². The van der Waals surface area contributed by atoms with Gasteiger partial charge in [-0.1, -0.05) is 18.0 Å². The van der Waals surface area contributed by atoms with E-state index in [1.165, 1.54) is 22.6 Å². The Hall–Kier alpha value is -1.39. The summed E-state index contributed by atoms with van der Waals surface area (Å²) in [6.07, 6.45) is 5.45. The van der Waals surface area contributed by atoms with Gasteiger partial charge in [-0.2, -0.15) is 5.26 Å². The number of hydrogen-bond acceptors (Lipinski definition) is 5. The highest BCUT2D eigenvalue weighted by molar-refractivity contribution is 7.16. The summed E-state index contributed by atoms with van der Waals surface area (Å²) in [5.41, 5.74) is 1.82. The van der Waals surface area contributed by atoms with Crippen molar-refractivity contribution in [2.75, 3.05) is 12.4 Å². The molecule has 1 N–H and O–H groups in total. The molecular weight excluding hydrogens is 386 g/mol. The van der Waals surface area contributed by atoms with Crippen LogP contribution in [-0.2, 0) is 24.2 Å². The smallest absolute Gasteiger partial charge is 0.242 e. The Morgan fingerprint density at radius 1 is 1.35 bits per heavy atom. The number of aryl methyl sites for hydroxylation is 1. The third-order valence-electron chi connectivity index (χ3n) is 4.84. The van der Waals surface area contributed by atoms with E-state index in [4.69, 9.17) is 11.6 Å².